The number of hydrogen-bond acceptors (Lipinski definition) is 4. The van der Waals surface area contributed by atoms with Gasteiger partial charge in [0.05, 0.1) is 4.92 Å². The van der Waals surface area contributed by atoms with Crippen LogP contribution < -0.4 is 34.5 Å². The molecule has 1 aromatic rings. The maximum Gasteiger partial charge on any atom is 1.00 e. The Hall–Kier alpha value is -1.65. The molecule has 0 unspecified atom stereocenters. The van der Waals surface area contributed by atoms with Crippen LogP contribution in [0.1, 0.15) is 1.43 Å². The number of nitro groups is 1. The molecule has 21 heavy (non-hydrogen) atoms. The number of non-ortho nitro benzene ring substituents is 1. The quantitative estimate of drug-likeness (QED) is 0.422. The minimum absolute atomic E-state index is 0. The zero-order valence-corrected chi connectivity index (χ0v) is 12.6. The summed E-state index contributed by atoms with van der Waals surface area (Å²) in [7, 11) is 0. The van der Waals surface area contributed by atoms with Crippen LogP contribution in [0.15, 0.2) is 24.3 Å². The van der Waals surface area contributed by atoms with Crippen molar-refractivity contribution >= 4 is 23.3 Å². The summed E-state index contributed by atoms with van der Waals surface area (Å²) in [6, 6.07) is 3.47. The van der Waals surface area contributed by atoms with Gasteiger partial charge in [-0.15, -0.1) is 0 Å². The van der Waals surface area contributed by atoms with Gasteiger partial charge < -0.3 is 6.53 Å². The van der Waals surface area contributed by atoms with Gasteiger partial charge in [0.25, 0.3) is 5.69 Å². The Morgan fingerprint density at radius 2 is 1.76 bits per heavy atom. The second-order valence-corrected chi connectivity index (χ2v) is 3.56. The SMILES string of the molecule is O=C(O)CN(C(=O)C(F)(F)F)c1ccc([N+](=O)[O-])cc1.[H-].[Na+]. The molecule has 0 saturated heterocycles. The smallest absolute Gasteiger partial charge is 1.00 e. The van der Waals surface area contributed by atoms with Crippen molar-refractivity contribution < 1.29 is 63.8 Å². The van der Waals surface area contributed by atoms with Crippen molar-refractivity contribution in [3.05, 3.63) is 34.4 Å². The molecule has 1 rings (SSSR count). The van der Waals surface area contributed by atoms with Crippen LogP contribution in [0, 0.1) is 10.1 Å². The standard InChI is InChI=1S/C10H7F3N2O5.Na.H/c11-10(12,13)9(18)14(5-8(16)17)6-1-3-7(4-2-6)15(19)20;;/h1-4H,5H2,(H,16,17);;/q;+1;-1. The van der Waals surface area contributed by atoms with Crippen LogP contribution in [-0.4, -0.2) is 34.6 Å². The van der Waals surface area contributed by atoms with Crippen molar-refractivity contribution in [2.75, 3.05) is 11.4 Å². The molecule has 0 saturated carbocycles. The van der Waals surface area contributed by atoms with Crippen molar-refractivity contribution in [1.29, 1.82) is 0 Å². The number of aliphatic carboxylic acids is 1. The van der Waals surface area contributed by atoms with Crippen LogP contribution in [-0.2, 0) is 9.59 Å². The Balaban J connectivity index is 0. The number of nitro benzene ring substituents is 1. The molecule has 0 aliphatic rings. The van der Waals surface area contributed by atoms with Crippen LogP contribution in [0.2, 0.25) is 0 Å². The third-order valence-corrected chi connectivity index (χ3v) is 2.15. The molecule has 0 spiro atoms. The first kappa shape index (κ1) is 19.4. The monoisotopic (exact) mass is 316 g/mol. The Morgan fingerprint density at radius 1 is 1.29 bits per heavy atom. The number of nitrogens with zero attached hydrogens (tertiary/aromatic N) is 2. The fraction of sp³-hybridized carbons (Fsp3) is 0.200. The molecule has 0 radical (unpaired) electrons. The van der Waals surface area contributed by atoms with Crippen LogP contribution in [0.5, 0.6) is 0 Å². The van der Waals surface area contributed by atoms with Crippen molar-refractivity contribution in [3.8, 4) is 0 Å². The zero-order chi connectivity index (χ0) is 15.5. The van der Waals surface area contributed by atoms with E-state index < -0.39 is 40.9 Å². The van der Waals surface area contributed by atoms with Gasteiger partial charge in [0.15, 0.2) is 0 Å². The normalized spacial score (nSPS) is 10.4. The van der Waals surface area contributed by atoms with E-state index in [0.29, 0.717) is 0 Å². The summed E-state index contributed by atoms with van der Waals surface area (Å²) in [5, 5.41) is 18.9. The number of carboxylic acids is 1. The molecular weight excluding hydrogens is 308 g/mol. The Labute approximate surface area is 139 Å². The molecule has 0 fully saturated rings. The molecule has 0 bridgehead atoms. The van der Waals surface area contributed by atoms with E-state index in [1.807, 2.05) is 0 Å². The average molecular weight is 316 g/mol. The van der Waals surface area contributed by atoms with Crippen LogP contribution in [0.4, 0.5) is 24.5 Å². The summed E-state index contributed by atoms with van der Waals surface area (Å²) in [4.78, 5) is 31.2. The molecule has 0 aromatic heterocycles. The van der Waals surface area contributed by atoms with E-state index in [2.05, 4.69) is 0 Å². The number of rotatable bonds is 4. The van der Waals surface area contributed by atoms with Gasteiger partial charge in [-0.3, -0.25) is 24.6 Å². The maximum atomic E-state index is 12.4. The van der Waals surface area contributed by atoms with Gasteiger partial charge in [0.2, 0.25) is 0 Å². The molecule has 0 aliphatic carbocycles. The summed E-state index contributed by atoms with van der Waals surface area (Å²) >= 11 is 0. The van der Waals surface area contributed by atoms with Gasteiger partial charge in [-0.05, 0) is 12.1 Å². The third-order valence-electron chi connectivity index (χ3n) is 2.15. The Morgan fingerprint density at radius 3 is 2.10 bits per heavy atom. The maximum absolute atomic E-state index is 12.4. The number of hydrogen-bond donors (Lipinski definition) is 1. The Kier molecular flexibility index (Phi) is 6.80. The van der Waals surface area contributed by atoms with E-state index in [9.17, 15) is 32.9 Å². The summed E-state index contributed by atoms with van der Waals surface area (Å²) in [5.41, 5.74) is -0.802. The van der Waals surface area contributed by atoms with Crippen LogP contribution in [0.25, 0.3) is 0 Å². The minimum Gasteiger partial charge on any atom is -1.00 e. The van der Waals surface area contributed by atoms with Gasteiger partial charge >= 0.3 is 47.6 Å². The second kappa shape index (κ2) is 7.38. The molecule has 1 amide bonds. The third kappa shape index (κ3) is 5.33. The van der Waals surface area contributed by atoms with E-state index in [1.165, 1.54) is 0 Å². The predicted molar refractivity (Wildman–Crippen MR) is 60.3 cm³/mol. The molecule has 7 nitrogen and oxygen atoms in total. The number of carbonyl (C=O) groups excluding carboxylic acids is 1. The van der Waals surface area contributed by atoms with Crippen LogP contribution in [0.3, 0.4) is 0 Å². The van der Waals surface area contributed by atoms with Crippen molar-refractivity contribution in [2.24, 2.45) is 0 Å². The number of anilines is 1. The number of alkyl halides is 3. The fourth-order valence-electron chi connectivity index (χ4n) is 1.32. The molecule has 0 heterocycles. The van der Waals surface area contributed by atoms with E-state index in [4.69, 9.17) is 5.11 Å². The predicted octanol–water partition coefficient (Wildman–Crippen LogP) is -1.31. The fourth-order valence-corrected chi connectivity index (χ4v) is 1.32. The molecule has 1 aromatic carbocycles. The summed E-state index contributed by atoms with van der Waals surface area (Å²) in [5.74, 6) is -4.02. The van der Waals surface area contributed by atoms with Crippen LogP contribution >= 0.6 is 0 Å². The van der Waals surface area contributed by atoms with Gasteiger partial charge in [-0.25, -0.2) is 0 Å². The molecule has 0 atom stereocenters. The Bertz CT molecular complexity index is 552. The van der Waals surface area contributed by atoms with Gasteiger partial charge in [-0.2, -0.15) is 13.2 Å². The van der Waals surface area contributed by atoms with Crippen molar-refractivity contribution in [3.63, 3.8) is 0 Å². The summed E-state index contributed by atoms with van der Waals surface area (Å²) in [6.45, 7) is -1.21. The van der Waals surface area contributed by atoms with E-state index in [1.54, 1.807) is 0 Å². The number of amides is 1. The molecule has 110 valence electrons. The number of benzene rings is 1. The van der Waals surface area contributed by atoms with Crippen molar-refractivity contribution in [1.82, 2.24) is 0 Å². The molecule has 11 heteroatoms. The van der Waals surface area contributed by atoms with E-state index in [-0.39, 0.29) is 35.9 Å². The summed E-state index contributed by atoms with van der Waals surface area (Å²) < 4.78 is 37.1. The van der Waals surface area contributed by atoms with Crippen molar-refractivity contribution in [2.45, 2.75) is 6.18 Å². The molecule has 1 N–H and O–H groups in total. The topological polar surface area (TPSA) is 101 Å². The summed E-state index contributed by atoms with van der Waals surface area (Å²) in [6.07, 6.45) is -5.25. The van der Waals surface area contributed by atoms with Gasteiger partial charge in [0.1, 0.15) is 6.54 Å². The largest absolute Gasteiger partial charge is 1.00 e. The van der Waals surface area contributed by atoms with E-state index in [0.717, 1.165) is 24.3 Å². The second-order valence-electron chi connectivity index (χ2n) is 3.56. The van der Waals surface area contributed by atoms with Gasteiger partial charge in [0, 0.05) is 17.8 Å². The molecular formula is C10H8F3N2NaO5. The number of halogens is 3. The number of carbonyl (C=O) groups is 2. The zero-order valence-electron chi connectivity index (χ0n) is 11.6. The van der Waals surface area contributed by atoms with E-state index >= 15 is 0 Å². The minimum atomic E-state index is -5.25. The first-order valence-corrected chi connectivity index (χ1v) is 4.98. The average Bonchev–Trinajstić information content (AvgIpc) is 2.34. The van der Waals surface area contributed by atoms with Gasteiger partial charge in [-0.1, -0.05) is 0 Å². The first-order valence-electron chi connectivity index (χ1n) is 4.98. The molecule has 0 aliphatic heterocycles. The first-order chi connectivity index (χ1) is 9.12. The number of carboxylic acid groups (broad SMARTS) is 1.